The quantitative estimate of drug-likeness (QED) is 0.242. The van der Waals surface area contributed by atoms with Crippen LogP contribution >= 0.6 is 0 Å². The van der Waals surface area contributed by atoms with E-state index < -0.39 is 12.0 Å². The van der Waals surface area contributed by atoms with E-state index in [1.807, 2.05) is 0 Å². The van der Waals surface area contributed by atoms with Crippen LogP contribution < -0.4 is 10.9 Å². The molecule has 0 spiro atoms. The lowest BCUT2D eigenvalue weighted by atomic mass is 9.69. The Hall–Kier alpha value is -3.10. The second kappa shape index (κ2) is 13.3. The first-order valence-corrected chi connectivity index (χ1v) is 13.0. The topological polar surface area (TPSA) is 102 Å². The number of hydrogen-bond donors (Lipinski definition) is 3. The van der Waals surface area contributed by atoms with Crippen molar-refractivity contribution in [2.45, 2.75) is 44.7 Å². The number of nitrogens with one attached hydrogen (secondary N) is 2. The van der Waals surface area contributed by atoms with Gasteiger partial charge < -0.3 is 10.4 Å². The molecule has 1 aromatic carbocycles. The number of carbonyl (C=O) groups is 1. The van der Waals surface area contributed by atoms with Crippen LogP contribution in [0.2, 0.25) is 0 Å². The van der Waals surface area contributed by atoms with Crippen LogP contribution in [0, 0.1) is 17.8 Å². The van der Waals surface area contributed by atoms with Crippen molar-refractivity contribution in [2.75, 3.05) is 26.2 Å². The van der Waals surface area contributed by atoms with Gasteiger partial charge in [0.05, 0.1) is 6.54 Å². The lowest BCUT2D eigenvalue weighted by Gasteiger charge is -2.42. The zero-order chi connectivity index (χ0) is 25.2. The zero-order valence-electron chi connectivity index (χ0n) is 20.9. The monoisotopic (exact) mass is 490 g/mol. The van der Waals surface area contributed by atoms with Crippen LogP contribution in [0.15, 0.2) is 70.1 Å². The smallest absolute Gasteiger partial charge is 0.320 e. The van der Waals surface area contributed by atoms with E-state index in [2.05, 4.69) is 92.6 Å². The Morgan fingerprint density at radius 3 is 2.83 bits per heavy atom. The molecule has 3 N–H and O–H groups in total. The Labute approximate surface area is 213 Å². The number of piperidine rings is 1. The Kier molecular flexibility index (Phi) is 9.58. The second-order valence-electron chi connectivity index (χ2n) is 10.1. The number of aliphatic carboxylic acids is 1. The zero-order valence-corrected chi connectivity index (χ0v) is 20.9. The maximum absolute atomic E-state index is 11.5. The largest absolute Gasteiger partial charge is 0.480 e. The molecule has 2 aliphatic carbocycles. The molecule has 8 nitrogen and oxygen atoms in total. The van der Waals surface area contributed by atoms with Crippen molar-refractivity contribution >= 4 is 18.3 Å². The molecular weight excluding hydrogens is 452 g/mol. The summed E-state index contributed by atoms with van der Waals surface area (Å²) in [5.41, 5.74) is 6.19. The minimum atomic E-state index is -0.722. The van der Waals surface area contributed by atoms with Crippen LogP contribution in [0.1, 0.15) is 43.2 Å². The van der Waals surface area contributed by atoms with Gasteiger partial charge in [0, 0.05) is 26.4 Å². The van der Waals surface area contributed by atoms with Gasteiger partial charge in [-0.1, -0.05) is 59.9 Å². The summed E-state index contributed by atoms with van der Waals surface area (Å²) in [4.78, 5) is 14.0. The molecule has 1 heterocycles. The first-order chi connectivity index (χ1) is 17.6. The molecule has 4 atom stereocenters. The van der Waals surface area contributed by atoms with Crippen LogP contribution in [0.3, 0.4) is 0 Å². The van der Waals surface area contributed by atoms with E-state index in [0.717, 1.165) is 45.4 Å². The summed E-state index contributed by atoms with van der Waals surface area (Å²) < 4.78 is 0. The molecule has 192 valence electrons. The van der Waals surface area contributed by atoms with Crippen molar-refractivity contribution in [3.63, 3.8) is 0 Å². The van der Waals surface area contributed by atoms with Crippen molar-refractivity contribution in [2.24, 2.45) is 33.2 Å². The van der Waals surface area contributed by atoms with E-state index in [-0.39, 0.29) is 0 Å². The molecule has 2 fully saturated rings. The van der Waals surface area contributed by atoms with Gasteiger partial charge in [0.15, 0.2) is 0 Å². The number of allylic oxidation sites excluding steroid dienone is 6. The number of fused-ring (bicyclic) bond motifs is 1. The minimum Gasteiger partial charge on any atom is -0.480 e. The van der Waals surface area contributed by atoms with E-state index in [1.165, 1.54) is 29.5 Å². The first-order valence-electron chi connectivity index (χ1n) is 13.0. The summed E-state index contributed by atoms with van der Waals surface area (Å²) in [6.07, 6.45) is 15.9. The predicted molar refractivity (Wildman–Crippen MR) is 143 cm³/mol. The van der Waals surface area contributed by atoms with Crippen LogP contribution in [0.5, 0.6) is 0 Å². The molecule has 1 aromatic rings. The second-order valence-corrected chi connectivity index (χ2v) is 10.1. The molecule has 1 saturated carbocycles. The van der Waals surface area contributed by atoms with Crippen molar-refractivity contribution in [3.05, 3.63) is 65.8 Å². The van der Waals surface area contributed by atoms with Crippen molar-refractivity contribution in [3.8, 4) is 0 Å². The van der Waals surface area contributed by atoms with E-state index in [0.29, 0.717) is 24.3 Å². The number of rotatable bonds is 11. The van der Waals surface area contributed by atoms with Gasteiger partial charge in [-0.15, -0.1) is 0 Å². The highest BCUT2D eigenvalue weighted by atomic mass is 16.4. The van der Waals surface area contributed by atoms with Gasteiger partial charge >= 0.3 is 5.97 Å². The summed E-state index contributed by atoms with van der Waals surface area (Å²) in [5.74, 6) is 0.939. The highest BCUT2D eigenvalue weighted by molar-refractivity contribution is 5.75. The fourth-order valence-electron chi connectivity index (χ4n) is 5.77. The van der Waals surface area contributed by atoms with E-state index >= 15 is 0 Å². The molecule has 3 aliphatic rings. The number of benzene rings is 1. The Morgan fingerprint density at radius 1 is 1.17 bits per heavy atom. The lowest BCUT2D eigenvalue weighted by Crippen LogP contribution is -2.50. The highest BCUT2D eigenvalue weighted by Crippen LogP contribution is 2.39. The van der Waals surface area contributed by atoms with Crippen LogP contribution in [0.25, 0.3) is 5.57 Å². The molecule has 1 aliphatic heterocycles. The van der Waals surface area contributed by atoms with Crippen LogP contribution in [-0.4, -0.2) is 54.9 Å². The first kappa shape index (κ1) is 26.0. The molecule has 0 unspecified atom stereocenters. The summed E-state index contributed by atoms with van der Waals surface area (Å²) in [5, 5.41) is 24.1. The molecule has 0 amide bonds. The van der Waals surface area contributed by atoms with Gasteiger partial charge in [-0.2, -0.15) is 15.8 Å². The maximum atomic E-state index is 11.5. The standard InChI is InChI=1S/C28H38N6O2/c1-29-32-33-31-14-15-34(19-21-8-11-24(12-9-21)23-6-4-2-3-5-7-23)20-22-10-13-25-18-30-27(28(35)36)17-26(25)16-22/h2-4,6-9,11-12,22,25-27,30H,1,5,10,13-20H2,(H,31,32)(H,35,36)/t22-,25-,26+,27-/m0/s1. The van der Waals surface area contributed by atoms with Gasteiger partial charge in [0.25, 0.3) is 0 Å². The Balaban J connectivity index is 1.38. The fraction of sp³-hybridized carbons (Fsp3) is 0.500. The number of nitrogens with zero attached hydrogens (tertiary/aromatic N) is 4. The summed E-state index contributed by atoms with van der Waals surface area (Å²) in [6.45, 7) is 7.39. The third-order valence-electron chi connectivity index (χ3n) is 7.62. The minimum absolute atomic E-state index is 0.403. The Bertz CT molecular complexity index is 1000. The SMILES string of the molecule is C=NNN=NCCN(Cc1ccc(C2=CCC=CC=C2)cc1)C[C@H]1CC[C@H]2CN[C@H](C(=O)O)C[C@H]2C1. The average molecular weight is 491 g/mol. The third-order valence-corrected chi connectivity index (χ3v) is 7.62. The van der Waals surface area contributed by atoms with E-state index in [4.69, 9.17) is 0 Å². The van der Waals surface area contributed by atoms with Crippen molar-refractivity contribution in [1.82, 2.24) is 15.8 Å². The molecular formula is C28H38N6O2. The van der Waals surface area contributed by atoms with Crippen molar-refractivity contribution in [1.29, 1.82) is 0 Å². The van der Waals surface area contributed by atoms with Crippen molar-refractivity contribution < 1.29 is 9.90 Å². The van der Waals surface area contributed by atoms with Gasteiger partial charge in [-0.3, -0.25) is 9.69 Å². The average Bonchev–Trinajstić information content (AvgIpc) is 3.18. The number of hydrogen-bond acceptors (Lipinski definition) is 6. The maximum Gasteiger partial charge on any atom is 0.320 e. The van der Waals surface area contributed by atoms with Gasteiger partial charge in [-0.25, -0.2) is 0 Å². The third kappa shape index (κ3) is 7.45. The molecule has 4 rings (SSSR count). The molecule has 1 saturated heterocycles. The van der Waals surface area contributed by atoms with Gasteiger partial charge in [0.2, 0.25) is 0 Å². The lowest BCUT2D eigenvalue weighted by molar-refractivity contribution is -0.141. The summed E-state index contributed by atoms with van der Waals surface area (Å²) in [7, 11) is 0. The molecule has 36 heavy (non-hydrogen) atoms. The predicted octanol–water partition coefficient (Wildman–Crippen LogP) is 4.44. The molecule has 0 bridgehead atoms. The normalized spacial score (nSPS) is 25.9. The number of hydrazone groups is 1. The van der Waals surface area contributed by atoms with Crippen LogP contribution in [0.4, 0.5) is 0 Å². The van der Waals surface area contributed by atoms with Crippen LogP contribution in [-0.2, 0) is 11.3 Å². The summed E-state index contributed by atoms with van der Waals surface area (Å²) >= 11 is 0. The Morgan fingerprint density at radius 2 is 2.03 bits per heavy atom. The molecule has 0 radical (unpaired) electrons. The molecule has 8 heteroatoms. The van der Waals surface area contributed by atoms with E-state index in [1.54, 1.807) is 0 Å². The molecule has 0 aromatic heterocycles. The fourth-order valence-corrected chi connectivity index (χ4v) is 5.77. The van der Waals surface area contributed by atoms with Gasteiger partial charge in [-0.05, 0) is 73.1 Å². The number of carboxylic acids is 1. The summed E-state index contributed by atoms with van der Waals surface area (Å²) in [6, 6.07) is 8.46. The highest BCUT2D eigenvalue weighted by Gasteiger charge is 2.37. The number of carboxylic acid groups (broad SMARTS) is 1. The van der Waals surface area contributed by atoms with Gasteiger partial charge in [0.1, 0.15) is 6.04 Å². The van der Waals surface area contributed by atoms with E-state index in [9.17, 15) is 9.90 Å².